The highest BCUT2D eigenvalue weighted by Crippen LogP contribution is 2.16. The first-order chi connectivity index (χ1) is 7.29. The zero-order valence-electron chi connectivity index (χ0n) is 8.49. The summed E-state index contributed by atoms with van der Waals surface area (Å²) < 4.78 is 5.36. The molecule has 0 bridgehead atoms. The Hall–Kier alpha value is -1.68. The van der Waals surface area contributed by atoms with Crippen molar-refractivity contribution in [2.24, 2.45) is 0 Å². The van der Waals surface area contributed by atoms with Crippen LogP contribution in [0.3, 0.4) is 0 Å². The zero-order valence-corrected chi connectivity index (χ0v) is 8.49. The van der Waals surface area contributed by atoms with Crippen molar-refractivity contribution < 1.29 is 9.21 Å². The highest BCUT2D eigenvalue weighted by molar-refractivity contribution is 5.73. The van der Waals surface area contributed by atoms with Gasteiger partial charge < -0.3 is 14.5 Å². The second-order valence-electron chi connectivity index (χ2n) is 3.33. The molecule has 0 fully saturated rings. The van der Waals surface area contributed by atoms with Crippen molar-refractivity contribution >= 4 is 17.4 Å². The lowest BCUT2D eigenvalue weighted by Crippen LogP contribution is -2.15. The summed E-state index contributed by atoms with van der Waals surface area (Å²) in [4.78, 5) is 14.4. The lowest BCUT2D eigenvalue weighted by atomic mass is 10.2. The van der Waals surface area contributed by atoms with Crippen LogP contribution in [0.4, 0.5) is 0 Å². The normalized spacial score (nSPS) is 10.7. The van der Waals surface area contributed by atoms with E-state index in [1.54, 1.807) is 0 Å². The van der Waals surface area contributed by atoms with Crippen LogP contribution in [0.2, 0.25) is 0 Å². The largest absolute Gasteiger partial charge is 0.441 e. The predicted molar refractivity (Wildman–Crippen MR) is 56.5 cm³/mol. The first kappa shape index (κ1) is 9.86. The van der Waals surface area contributed by atoms with Gasteiger partial charge in [0.05, 0.1) is 6.54 Å². The van der Waals surface area contributed by atoms with Crippen LogP contribution >= 0.6 is 0 Å². The number of benzene rings is 1. The minimum absolute atomic E-state index is 0.371. The highest BCUT2D eigenvalue weighted by atomic mass is 16.3. The first-order valence-corrected chi connectivity index (χ1v) is 4.80. The Kier molecular flexibility index (Phi) is 2.78. The van der Waals surface area contributed by atoms with Gasteiger partial charge in [0.25, 0.3) is 0 Å². The molecule has 1 heterocycles. The van der Waals surface area contributed by atoms with Crippen molar-refractivity contribution in [3.05, 3.63) is 29.7 Å². The number of nitrogens with one attached hydrogen (secondary N) is 1. The summed E-state index contributed by atoms with van der Waals surface area (Å²) >= 11 is 0. The van der Waals surface area contributed by atoms with Gasteiger partial charge in [-0.15, -0.1) is 0 Å². The van der Waals surface area contributed by atoms with Gasteiger partial charge in [0.2, 0.25) is 0 Å². The summed E-state index contributed by atoms with van der Waals surface area (Å²) in [5, 5.41) is 3.00. The van der Waals surface area contributed by atoms with Gasteiger partial charge in [0.15, 0.2) is 11.5 Å². The smallest absolute Gasteiger partial charge is 0.192 e. The molecule has 0 aliphatic heterocycles. The van der Waals surface area contributed by atoms with E-state index in [1.807, 2.05) is 25.1 Å². The summed E-state index contributed by atoms with van der Waals surface area (Å²) in [6, 6.07) is 5.82. The number of rotatable bonds is 4. The van der Waals surface area contributed by atoms with Crippen molar-refractivity contribution in [1.29, 1.82) is 0 Å². The van der Waals surface area contributed by atoms with Gasteiger partial charge in [-0.1, -0.05) is 6.07 Å². The molecule has 1 aromatic carbocycles. The molecular weight excluding hydrogens is 192 g/mol. The number of oxazole rings is 1. The standard InChI is InChI=1S/C11H12N2O2/c1-8-13-10-6-9(7-12-4-5-14)2-3-11(10)15-8/h2-3,5-6,12H,4,7H2,1H3. The molecule has 2 aromatic rings. The Labute approximate surface area is 87.3 Å². The van der Waals surface area contributed by atoms with E-state index in [0.717, 1.165) is 22.9 Å². The minimum Gasteiger partial charge on any atom is -0.441 e. The van der Waals surface area contributed by atoms with Crippen LogP contribution in [0, 0.1) is 6.92 Å². The Balaban J connectivity index is 2.18. The Morgan fingerprint density at radius 3 is 3.20 bits per heavy atom. The van der Waals surface area contributed by atoms with Crippen molar-refractivity contribution in [3.63, 3.8) is 0 Å². The van der Waals surface area contributed by atoms with Crippen LogP contribution in [0.25, 0.3) is 11.1 Å². The number of hydrogen-bond donors (Lipinski definition) is 1. The first-order valence-electron chi connectivity index (χ1n) is 4.80. The average molecular weight is 204 g/mol. The van der Waals surface area contributed by atoms with Crippen LogP contribution < -0.4 is 5.32 Å². The van der Waals surface area contributed by atoms with Crippen LogP contribution in [-0.4, -0.2) is 17.8 Å². The molecule has 4 nitrogen and oxygen atoms in total. The number of carbonyl (C=O) groups is 1. The van der Waals surface area contributed by atoms with Gasteiger partial charge in [-0.2, -0.15) is 0 Å². The summed E-state index contributed by atoms with van der Waals surface area (Å²) in [7, 11) is 0. The second kappa shape index (κ2) is 4.23. The minimum atomic E-state index is 0.371. The summed E-state index contributed by atoms with van der Waals surface area (Å²) in [6.45, 7) is 2.86. The topological polar surface area (TPSA) is 55.1 Å². The van der Waals surface area contributed by atoms with Crippen molar-refractivity contribution in [1.82, 2.24) is 10.3 Å². The Morgan fingerprint density at radius 1 is 1.53 bits per heavy atom. The molecule has 4 heteroatoms. The van der Waals surface area contributed by atoms with E-state index < -0.39 is 0 Å². The third-order valence-electron chi connectivity index (χ3n) is 2.12. The number of aromatic nitrogens is 1. The molecule has 1 N–H and O–H groups in total. The molecule has 0 aliphatic carbocycles. The molecule has 15 heavy (non-hydrogen) atoms. The quantitative estimate of drug-likeness (QED) is 0.604. The van der Waals surface area contributed by atoms with E-state index in [9.17, 15) is 4.79 Å². The molecule has 0 unspecified atom stereocenters. The Morgan fingerprint density at radius 2 is 2.40 bits per heavy atom. The molecule has 0 radical (unpaired) electrons. The molecule has 1 aromatic heterocycles. The van der Waals surface area contributed by atoms with E-state index in [1.165, 1.54) is 0 Å². The van der Waals surface area contributed by atoms with E-state index in [4.69, 9.17) is 4.42 Å². The maximum atomic E-state index is 10.1. The van der Waals surface area contributed by atoms with Gasteiger partial charge in [0.1, 0.15) is 11.8 Å². The number of aldehydes is 1. The molecule has 2 rings (SSSR count). The van der Waals surface area contributed by atoms with E-state index in [0.29, 0.717) is 19.0 Å². The number of carbonyl (C=O) groups excluding carboxylic acids is 1. The molecule has 0 spiro atoms. The molecule has 78 valence electrons. The predicted octanol–water partition coefficient (Wildman–Crippen LogP) is 1.42. The molecular formula is C11H12N2O2. The molecule has 0 saturated heterocycles. The number of aryl methyl sites for hydroxylation is 1. The summed E-state index contributed by atoms with van der Waals surface area (Å²) in [5.41, 5.74) is 2.75. The van der Waals surface area contributed by atoms with E-state index in [-0.39, 0.29) is 0 Å². The number of hydrogen-bond acceptors (Lipinski definition) is 4. The maximum absolute atomic E-state index is 10.1. The number of fused-ring (bicyclic) bond motifs is 1. The molecule has 0 amide bonds. The Bertz CT molecular complexity index is 476. The molecule has 0 atom stereocenters. The maximum Gasteiger partial charge on any atom is 0.192 e. The monoisotopic (exact) mass is 204 g/mol. The van der Waals surface area contributed by atoms with Gasteiger partial charge in [-0.25, -0.2) is 4.98 Å². The third kappa shape index (κ3) is 2.22. The van der Waals surface area contributed by atoms with Crippen LogP contribution in [0.1, 0.15) is 11.5 Å². The zero-order chi connectivity index (χ0) is 10.7. The van der Waals surface area contributed by atoms with Gasteiger partial charge in [-0.05, 0) is 17.7 Å². The van der Waals surface area contributed by atoms with Crippen LogP contribution in [0.15, 0.2) is 22.6 Å². The fraction of sp³-hybridized carbons (Fsp3) is 0.273. The fourth-order valence-corrected chi connectivity index (χ4v) is 1.47. The van der Waals surface area contributed by atoms with Gasteiger partial charge >= 0.3 is 0 Å². The van der Waals surface area contributed by atoms with Crippen molar-refractivity contribution in [2.45, 2.75) is 13.5 Å². The van der Waals surface area contributed by atoms with Gasteiger partial charge in [-0.3, -0.25) is 0 Å². The fourth-order valence-electron chi connectivity index (χ4n) is 1.47. The summed E-state index contributed by atoms with van der Waals surface area (Å²) in [5.74, 6) is 0.669. The van der Waals surface area contributed by atoms with Crippen LogP contribution in [0.5, 0.6) is 0 Å². The van der Waals surface area contributed by atoms with E-state index in [2.05, 4.69) is 10.3 Å². The number of nitrogens with zero attached hydrogens (tertiary/aromatic N) is 1. The van der Waals surface area contributed by atoms with Crippen molar-refractivity contribution in [3.8, 4) is 0 Å². The average Bonchev–Trinajstić information content (AvgIpc) is 2.57. The summed E-state index contributed by atoms with van der Waals surface area (Å²) in [6.07, 6.45) is 0.846. The second-order valence-corrected chi connectivity index (χ2v) is 3.33. The SMILES string of the molecule is Cc1nc2cc(CNCC=O)ccc2o1. The van der Waals surface area contributed by atoms with Gasteiger partial charge in [0, 0.05) is 13.5 Å². The molecule has 0 saturated carbocycles. The van der Waals surface area contributed by atoms with Crippen LogP contribution in [-0.2, 0) is 11.3 Å². The molecule has 0 aliphatic rings. The lowest BCUT2D eigenvalue weighted by Gasteiger charge is -1.99. The lowest BCUT2D eigenvalue weighted by molar-refractivity contribution is -0.107. The van der Waals surface area contributed by atoms with Crippen molar-refractivity contribution in [2.75, 3.05) is 6.54 Å². The highest BCUT2D eigenvalue weighted by Gasteiger charge is 2.02. The van der Waals surface area contributed by atoms with E-state index >= 15 is 0 Å². The third-order valence-corrected chi connectivity index (χ3v) is 2.12.